The Morgan fingerprint density at radius 1 is 1.25 bits per heavy atom. The van der Waals surface area contributed by atoms with Crippen molar-refractivity contribution in [3.63, 3.8) is 0 Å². The van der Waals surface area contributed by atoms with Crippen molar-refractivity contribution in [3.05, 3.63) is 53.6 Å². The van der Waals surface area contributed by atoms with E-state index in [9.17, 15) is 4.79 Å². The van der Waals surface area contributed by atoms with Gasteiger partial charge in [0.15, 0.2) is 0 Å². The molecule has 1 aromatic heterocycles. The summed E-state index contributed by atoms with van der Waals surface area (Å²) in [6.45, 7) is 0.159. The predicted molar refractivity (Wildman–Crippen MR) is 70.6 cm³/mol. The molecule has 104 valence electrons. The second-order valence-electron chi connectivity index (χ2n) is 4.09. The topological polar surface area (TPSA) is 92.5 Å². The first-order valence-electron chi connectivity index (χ1n) is 6.05. The summed E-state index contributed by atoms with van der Waals surface area (Å²) in [5.74, 6) is -0.468. The Bertz CT molecular complexity index is 584. The van der Waals surface area contributed by atoms with Gasteiger partial charge in [-0.3, -0.25) is 0 Å². The molecule has 0 aliphatic rings. The van der Waals surface area contributed by atoms with Gasteiger partial charge in [-0.05, 0) is 24.1 Å². The van der Waals surface area contributed by atoms with Crippen molar-refractivity contribution < 1.29 is 19.7 Å². The molecule has 0 fully saturated rings. The quantitative estimate of drug-likeness (QED) is 0.824. The van der Waals surface area contributed by atoms with E-state index in [4.69, 9.17) is 14.9 Å². The molecule has 0 saturated carbocycles. The number of aromatic nitrogens is 2. The molecule has 0 unspecified atom stereocenters. The van der Waals surface area contributed by atoms with Crippen LogP contribution in [-0.2, 0) is 13.0 Å². The van der Waals surface area contributed by atoms with Crippen LogP contribution < -0.4 is 4.74 Å². The van der Waals surface area contributed by atoms with Crippen LogP contribution in [0, 0.1) is 0 Å². The fourth-order valence-corrected chi connectivity index (χ4v) is 1.68. The number of carboxylic acid groups (broad SMARTS) is 1. The number of carboxylic acids is 1. The molecule has 0 saturated heterocycles. The van der Waals surface area contributed by atoms with E-state index in [2.05, 4.69) is 9.97 Å². The Labute approximate surface area is 115 Å². The molecular weight excluding hydrogens is 260 g/mol. The number of rotatable bonds is 6. The third-order valence-electron chi connectivity index (χ3n) is 2.72. The van der Waals surface area contributed by atoms with Gasteiger partial charge in [-0.25, -0.2) is 14.8 Å². The van der Waals surface area contributed by atoms with Crippen LogP contribution in [0.25, 0.3) is 0 Å². The highest BCUT2D eigenvalue weighted by atomic mass is 16.5. The van der Waals surface area contributed by atoms with Crippen LogP contribution >= 0.6 is 0 Å². The first kappa shape index (κ1) is 14.0. The molecule has 2 aromatic rings. The number of ether oxygens (including phenoxy) is 1. The first-order chi connectivity index (χ1) is 9.70. The molecule has 6 nitrogen and oxygen atoms in total. The third kappa shape index (κ3) is 3.52. The highest BCUT2D eigenvalue weighted by Crippen LogP contribution is 2.15. The van der Waals surface area contributed by atoms with Crippen molar-refractivity contribution in [1.29, 1.82) is 0 Å². The molecule has 1 aromatic carbocycles. The number of nitrogens with zero attached hydrogens (tertiary/aromatic N) is 2. The summed E-state index contributed by atoms with van der Waals surface area (Å²) >= 11 is 0. The second-order valence-corrected chi connectivity index (χ2v) is 4.09. The van der Waals surface area contributed by atoms with E-state index >= 15 is 0 Å². The minimum absolute atomic E-state index is 0.0319. The molecule has 20 heavy (non-hydrogen) atoms. The van der Waals surface area contributed by atoms with Crippen LogP contribution in [0.4, 0.5) is 0 Å². The van der Waals surface area contributed by atoms with Crippen LogP contribution in [0.1, 0.15) is 21.6 Å². The number of aliphatic hydroxyl groups excluding tert-OH is 1. The van der Waals surface area contributed by atoms with Gasteiger partial charge in [-0.2, -0.15) is 0 Å². The molecule has 0 spiro atoms. The van der Waals surface area contributed by atoms with E-state index < -0.39 is 5.97 Å². The second kappa shape index (κ2) is 6.63. The van der Waals surface area contributed by atoms with Gasteiger partial charge >= 0.3 is 5.97 Å². The lowest BCUT2D eigenvalue weighted by Crippen LogP contribution is -2.08. The maximum atomic E-state index is 11.0. The summed E-state index contributed by atoms with van der Waals surface area (Å²) in [6.07, 6.45) is 3.13. The third-order valence-corrected chi connectivity index (χ3v) is 2.72. The molecule has 2 rings (SSSR count). The normalized spacial score (nSPS) is 10.2. The number of benzene rings is 1. The molecule has 6 heteroatoms. The van der Waals surface area contributed by atoms with E-state index in [0.29, 0.717) is 17.9 Å². The maximum absolute atomic E-state index is 11.0. The summed E-state index contributed by atoms with van der Waals surface area (Å²) in [4.78, 5) is 18.6. The standard InChI is InChI=1S/C14H14N2O4/c17-6-5-10-1-3-11(4-2-10)20-8-13-12(14(18)19)7-15-9-16-13/h1-4,7,9,17H,5-6,8H2,(H,18,19). The molecule has 2 N–H and O–H groups in total. The lowest BCUT2D eigenvalue weighted by molar-refractivity contribution is 0.0692. The van der Waals surface area contributed by atoms with Crippen molar-refractivity contribution in [1.82, 2.24) is 9.97 Å². The lowest BCUT2D eigenvalue weighted by Gasteiger charge is -2.08. The highest BCUT2D eigenvalue weighted by molar-refractivity contribution is 5.88. The summed E-state index contributed by atoms with van der Waals surface area (Å²) < 4.78 is 5.50. The average molecular weight is 274 g/mol. The number of hydrogen-bond donors (Lipinski definition) is 2. The van der Waals surface area contributed by atoms with E-state index in [-0.39, 0.29) is 18.8 Å². The zero-order valence-corrected chi connectivity index (χ0v) is 10.7. The lowest BCUT2D eigenvalue weighted by atomic mass is 10.1. The molecule has 0 bridgehead atoms. The van der Waals surface area contributed by atoms with Crippen molar-refractivity contribution in [2.75, 3.05) is 6.61 Å². The Morgan fingerprint density at radius 3 is 2.65 bits per heavy atom. The number of carbonyl (C=O) groups is 1. The molecule has 0 aliphatic heterocycles. The number of aliphatic hydroxyl groups is 1. The number of aromatic carboxylic acids is 1. The van der Waals surface area contributed by atoms with E-state index in [1.165, 1.54) is 12.5 Å². The summed E-state index contributed by atoms with van der Waals surface area (Å²) in [6, 6.07) is 7.24. The molecule has 0 aliphatic carbocycles. The van der Waals surface area contributed by atoms with E-state index in [1.807, 2.05) is 12.1 Å². The van der Waals surface area contributed by atoms with Gasteiger partial charge in [0, 0.05) is 12.8 Å². The maximum Gasteiger partial charge on any atom is 0.339 e. The molecule has 0 radical (unpaired) electrons. The van der Waals surface area contributed by atoms with Gasteiger partial charge in [0.1, 0.15) is 24.2 Å². The average Bonchev–Trinajstić information content (AvgIpc) is 2.47. The Morgan fingerprint density at radius 2 is 2.00 bits per heavy atom. The van der Waals surface area contributed by atoms with Gasteiger partial charge in [-0.1, -0.05) is 12.1 Å². The van der Waals surface area contributed by atoms with Gasteiger partial charge in [-0.15, -0.1) is 0 Å². The monoisotopic (exact) mass is 274 g/mol. The highest BCUT2D eigenvalue weighted by Gasteiger charge is 2.11. The van der Waals surface area contributed by atoms with Gasteiger partial charge < -0.3 is 14.9 Å². The van der Waals surface area contributed by atoms with Gasteiger partial charge in [0.2, 0.25) is 0 Å². The van der Waals surface area contributed by atoms with Crippen molar-refractivity contribution >= 4 is 5.97 Å². The van der Waals surface area contributed by atoms with Gasteiger partial charge in [0.05, 0.1) is 5.69 Å². The Kier molecular flexibility index (Phi) is 4.62. The zero-order chi connectivity index (χ0) is 14.4. The largest absolute Gasteiger partial charge is 0.487 e. The molecule has 1 heterocycles. The predicted octanol–water partition coefficient (Wildman–Crippen LogP) is 1.29. The van der Waals surface area contributed by atoms with Crippen LogP contribution in [0.3, 0.4) is 0 Å². The fraction of sp³-hybridized carbons (Fsp3) is 0.214. The summed E-state index contributed by atoms with van der Waals surface area (Å²) in [5.41, 5.74) is 1.37. The van der Waals surface area contributed by atoms with Crippen LogP contribution in [-0.4, -0.2) is 32.8 Å². The van der Waals surface area contributed by atoms with Crippen LogP contribution in [0.2, 0.25) is 0 Å². The molecule has 0 amide bonds. The Balaban J connectivity index is 2.03. The van der Waals surface area contributed by atoms with Crippen molar-refractivity contribution in [2.24, 2.45) is 0 Å². The van der Waals surface area contributed by atoms with Crippen molar-refractivity contribution in [3.8, 4) is 5.75 Å². The van der Waals surface area contributed by atoms with Gasteiger partial charge in [0.25, 0.3) is 0 Å². The Hall–Kier alpha value is -2.47. The van der Waals surface area contributed by atoms with E-state index in [0.717, 1.165) is 5.56 Å². The number of hydrogen-bond acceptors (Lipinski definition) is 5. The summed E-state index contributed by atoms with van der Waals surface area (Å²) in [5, 5.41) is 17.8. The first-order valence-corrected chi connectivity index (χ1v) is 6.05. The minimum atomic E-state index is -1.08. The van der Waals surface area contributed by atoms with Crippen LogP contribution in [0.15, 0.2) is 36.8 Å². The molecular formula is C14H14N2O4. The van der Waals surface area contributed by atoms with E-state index in [1.54, 1.807) is 12.1 Å². The van der Waals surface area contributed by atoms with Crippen LogP contribution in [0.5, 0.6) is 5.75 Å². The molecule has 0 atom stereocenters. The smallest absolute Gasteiger partial charge is 0.339 e. The summed E-state index contributed by atoms with van der Waals surface area (Å²) in [7, 11) is 0. The zero-order valence-electron chi connectivity index (χ0n) is 10.7. The van der Waals surface area contributed by atoms with Crippen molar-refractivity contribution in [2.45, 2.75) is 13.0 Å². The SMILES string of the molecule is O=C(O)c1cncnc1COc1ccc(CCO)cc1. The fourth-order valence-electron chi connectivity index (χ4n) is 1.68. The minimum Gasteiger partial charge on any atom is -0.487 e.